The first kappa shape index (κ1) is 22.2. The minimum atomic E-state index is -0.754. The smallest absolute Gasteiger partial charge is 0.411 e. The van der Waals surface area contributed by atoms with Crippen LogP contribution in [0.15, 0.2) is 24.3 Å². The molecular formula is C24H30N2O6. The Hall–Kier alpha value is -3.03. The van der Waals surface area contributed by atoms with E-state index in [9.17, 15) is 9.59 Å². The van der Waals surface area contributed by atoms with Crippen molar-refractivity contribution >= 4 is 23.0 Å². The number of carbonyl (C=O) groups is 2. The van der Waals surface area contributed by atoms with Crippen molar-refractivity contribution in [1.29, 1.82) is 0 Å². The lowest BCUT2D eigenvalue weighted by Crippen LogP contribution is -2.44. The van der Waals surface area contributed by atoms with Crippen molar-refractivity contribution in [3.63, 3.8) is 0 Å². The molecule has 1 saturated carbocycles. The summed E-state index contributed by atoms with van der Waals surface area (Å²) in [5, 5.41) is 0.862. The second-order valence-corrected chi connectivity index (χ2v) is 9.35. The average molecular weight is 443 g/mol. The Morgan fingerprint density at radius 1 is 1.12 bits per heavy atom. The van der Waals surface area contributed by atoms with Crippen molar-refractivity contribution in [3.8, 4) is 11.5 Å². The molecule has 1 unspecified atom stereocenters. The zero-order valence-corrected chi connectivity index (χ0v) is 19.2. The molecule has 4 rings (SSSR count). The van der Waals surface area contributed by atoms with Crippen LogP contribution in [-0.4, -0.2) is 60.5 Å². The number of rotatable bonds is 5. The predicted octanol–water partition coefficient (Wildman–Crippen LogP) is 4.05. The van der Waals surface area contributed by atoms with Crippen molar-refractivity contribution in [2.24, 2.45) is 0 Å². The van der Waals surface area contributed by atoms with E-state index in [1.54, 1.807) is 27.9 Å². The fourth-order valence-corrected chi connectivity index (χ4v) is 3.95. The number of methoxy groups -OCH3 is 2. The molecule has 1 aliphatic heterocycles. The Kier molecular flexibility index (Phi) is 5.88. The number of hydrogen-bond acceptors (Lipinski definition) is 7. The van der Waals surface area contributed by atoms with Gasteiger partial charge in [-0.05, 0) is 45.7 Å². The van der Waals surface area contributed by atoms with Gasteiger partial charge in [-0.1, -0.05) is 0 Å². The average Bonchev–Trinajstić information content (AvgIpc) is 3.51. The topological polar surface area (TPSA) is 87.2 Å². The van der Waals surface area contributed by atoms with Crippen LogP contribution in [0, 0.1) is 0 Å². The fraction of sp³-hybridized carbons (Fsp3) is 0.542. The van der Waals surface area contributed by atoms with E-state index in [0.717, 1.165) is 35.2 Å². The van der Waals surface area contributed by atoms with E-state index < -0.39 is 23.7 Å². The molecule has 2 atom stereocenters. The molecule has 0 spiro atoms. The molecule has 172 valence electrons. The van der Waals surface area contributed by atoms with E-state index in [1.807, 2.05) is 24.3 Å². The summed E-state index contributed by atoms with van der Waals surface area (Å²) in [5.41, 5.74) is 1.12. The molecule has 1 aliphatic carbocycles. The van der Waals surface area contributed by atoms with Crippen molar-refractivity contribution in [3.05, 3.63) is 30.0 Å². The number of fused-ring (bicyclic) bond motifs is 1. The molecule has 8 heteroatoms. The Bertz CT molecular complexity index is 1030. The lowest BCUT2D eigenvalue weighted by Gasteiger charge is -2.27. The third-order valence-electron chi connectivity index (χ3n) is 5.65. The molecule has 2 aliphatic rings. The van der Waals surface area contributed by atoms with Crippen molar-refractivity contribution in [1.82, 2.24) is 9.88 Å². The van der Waals surface area contributed by atoms with E-state index in [4.69, 9.17) is 23.9 Å². The molecule has 8 nitrogen and oxygen atoms in total. The number of ether oxygens (including phenoxy) is 4. The van der Waals surface area contributed by atoms with Crippen LogP contribution in [0.1, 0.15) is 51.6 Å². The molecule has 2 fully saturated rings. The van der Waals surface area contributed by atoms with Crippen LogP contribution in [-0.2, 0) is 14.3 Å². The Labute approximate surface area is 187 Å². The van der Waals surface area contributed by atoms with Crippen LogP contribution in [0.2, 0.25) is 0 Å². The zero-order chi connectivity index (χ0) is 23.0. The van der Waals surface area contributed by atoms with Gasteiger partial charge in [0.25, 0.3) is 0 Å². The molecule has 0 radical (unpaired) electrons. The van der Waals surface area contributed by atoms with Crippen LogP contribution in [0.4, 0.5) is 4.79 Å². The fourth-order valence-electron chi connectivity index (χ4n) is 3.95. The van der Waals surface area contributed by atoms with Gasteiger partial charge in [0.15, 0.2) is 0 Å². The van der Waals surface area contributed by atoms with Gasteiger partial charge < -0.3 is 18.9 Å². The predicted molar refractivity (Wildman–Crippen MR) is 118 cm³/mol. The van der Waals surface area contributed by atoms with Gasteiger partial charge in [0, 0.05) is 35.6 Å². The number of likely N-dealkylation sites (tertiary alicyclic amines) is 1. The van der Waals surface area contributed by atoms with Gasteiger partial charge in [-0.3, -0.25) is 9.88 Å². The third kappa shape index (κ3) is 4.74. The van der Waals surface area contributed by atoms with E-state index in [2.05, 4.69) is 0 Å². The second kappa shape index (κ2) is 8.48. The molecule has 1 amide bonds. The molecule has 2 aromatic rings. The zero-order valence-electron chi connectivity index (χ0n) is 19.2. The lowest BCUT2D eigenvalue weighted by atomic mass is 10.1. The highest BCUT2D eigenvalue weighted by Gasteiger charge is 2.43. The Morgan fingerprint density at radius 3 is 2.50 bits per heavy atom. The quantitative estimate of drug-likeness (QED) is 0.646. The summed E-state index contributed by atoms with van der Waals surface area (Å²) in [6, 6.07) is 6.91. The molecule has 1 aromatic carbocycles. The first-order chi connectivity index (χ1) is 15.2. The van der Waals surface area contributed by atoms with E-state index in [0.29, 0.717) is 18.1 Å². The first-order valence-corrected chi connectivity index (χ1v) is 10.9. The number of benzene rings is 1. The summed E-state index contributed by atoms with van der Waals surface area (Å²) in [7, 11) is 2.94. The molecule has 32 heavy (non-hydrogen) atoms. The third-order valence-corrected chi connectivity index (χ3v) is 5.65. The van der Waals surface area contributed by atoms with E-state index in [-0.39, 0.29) is 12.6 Å². The highest BCUT2D eigenvalue weighted by Crippen LogP contribution is 2.42. The minimum absolute atomic E-state index is 0.230. The number of hydrogen-bond donors (Lipinski definition) is 0. The van der Waals surface area contributed by atoms with Crippen LogP contribution in [0.5, 0.6) is 11.5 Å². The number of nitrogens with zero attached hydrogens (tertiary/aromatic N) is 2. The monoisotopic (exact) mass is 442 g/mol. The number of carbonyl (C=O) groups excluding carboxylic acids is 2. The summed E-state index contributed by atoms with van der Waals surface area (Å²) in [6.07, 6.45) is 1.61. The minimum Gasteiger partial charge on any atom is -0.497 e. The highest BCUT2D eigenvalue weighted by atomic mass is 16.6. The number of aromatic nitrogens is 1. The molecule has 0 N–H and O–H groups in total. The maximum absolute atomic E-state index is 12.7. The van der Waals surface area contributed by atoms with Crippen molar-refractivity contribution in [2.75, 3.05) is 20.8 Å². The van der Waals surface area contributed by atoms with Gasteiger partial charge in [-0.15, -0.1) is 0 Å². The van der Waals surface area contributed by atoms with Gasteiger partial charge in [0.05, 0.1) is 26.3 Å². The maximum Gasteiger partial charge on any atom is 0.411 e. The van der Waals surface area contributed by atoms with Gasteiger partial charge >= 0.3 is 12.1 Å². The van der Waals surface area contributed by atoms with Gasteiger partial charge in [0.1, 0.15) is 29.2 Å². The number of amides is 1. The molecule has 0 bridgehead atoms. The maximum atomic E-state index is 12.7. The SMILES string of the molecule is COC(=O)C1C[C@@H](Oc2cc(C3CC3)nc3cc(OC)ccc23)CN1C(=O)OC(C)(C)C. The molecular weight excluding hydrogens is 412 g/mol. The van der Waals surface area contributed by atoms with Crippen LogP contribution < -0.4 is 9.47 Å². The normalized spacial score (nSPS) is 20.8. The standard InChI is InChI=1S/C24H30N2O6/c1-24(2,3)32-23(28)26-13-16(11-20(26)22(27)30-5)31-21-12-18(14-6-7-14)25-19-10-15(29-4)8-9-17(19)21/h8-10,12,14,16,20H,6-7,11,13H2,1-5H3/t16-,20?/m1/s1. The van der Waals surface area contributed by atoms with Crippen molar-refractivity contribution in [2.45, 2.75) is 63.7 Å². The van der Waals surface area contributed by atoms with Crippen LogP contribution in [0.3, 0.4) is 0 Å². The number of esters is 1. The van der Waals surface area contributed by atoms with Crippen LogP contribution in [0.25, 0.3) is 10.9 Å². The van der Waals surface area contributed by atoms with E-state index >= 15 is 0 Å². The lowest BCUT2D eigenvalue weighted by molar-refractivity contribution is -0.145. The summed E-state index contributed by atoms with van der Waals surface area (Å²) < 4.78 is 22.2. The van der Waals surface area contributed by atoms with Gasteiger partial charge in [-0.2, -0.15) is 0 Å². The first-order valence-electron chi connectivity index (χ1n) is 10.9. The second-order valence-electron chi connectivity index (χ2n) is 9.35. The molecule has 1 aromatic heterocycles. The summed E-state index contributed by atoms with van der Waals surface area (Å²) in [5.74, 6) is 1.38. The summed E-state index contributed by atoms with van der Waals surface area (Å²) in [6.45, 7) is 5.60. The van der Waals surface area contributed by atoms with E-state index in [1.165, 1.54) is 12.0 Å². The van der Waals surface area contributed by atoms with Gasteiger partial charge in [0.2, 0.25) is 0 Å². The highest BCUT2D eigenvalue weighted by molar-refractivity contribution is 5.87. The van der Waals surface area contributed by atoms with Crippen LogP contribution >= 0.6 is 0 Å². The Morgan fingerprint density at radius 2 is 1.88 bits per heavy atom. The van der Waals surface area contributed by atoms with Crippen molar-refractivity contribution < 1.29 is 28.5 Å². The number of pyridine rings is 1. The molecule has 2 heterocycles. The summed E-state index contributed by atoms with van der Waals surface area (Å²) >= 11 is 0. The summed E-state index contributed by atoms with van der Waals surface area (Å²) in [4.78, 5) is 31.3. The molecule has 1 saturated heterocycles. The Balaban J connectivity index is 1.61. The van der Waals surface area contributed by atoms with Gasteiger partial charge in [-0.25, -0.2) is 9.59 Å². The largest absolute Gasteiger partial charge is 0.497 e.